The van der Waals surface area contributed by atoms with E-state index < -0.39 is 51.9 Å². The standard InChI is InChI=1S/C25H31ClF3N3O5S/c1-16(2)13-30-24(34)17(3)31(14-18-7-6-8-20(11-18)37-4)23(33)15-32(38(5,35)36)22-12-19(25(27,28)29)9-10-21(22)26/h6-12,16-17H,13-15H2,1-5H3,(H,30,34)/t17-/m0/s1. The fraction of sp³-hybridized carbons (Fsp3) is 0.440. The molecule has 1 N–H and O–H groups in total. The molecule has 0 heterocycles. The Hall–Kier alpha value is -2.99. The summed E-state index contributed by atoms with van der Waals surface area (Å²) in [6.45, 7) is 4.64. The molecule has 0 fully saturated rings. The van der Waals surface area contributed by atoms with Crippen LogP contribution in [0.25, 0.3) is 0 Å². The first-order chi connectivity index (χ1) is 17.5. The molecule has 0 saturated carbocycles. The molecule has 0 saturated heterocycles. The molecule has 1 atom stereocenters. The number of halogens is 4. The number of nitrogens with one attached hydrogen (secondary N) is 1. The highest BCUT2D eigenvalue weighted by molar-refractivity contribution is 7.92. The highest BCUT2D eigenvalue weighted by Gasteiger charge is 2.34. The first-order valence-corrected chi connectivity index (χ1v) is 13.8. The van der Waals surface area contributed by atoms with E-state index in [4.69, 9.17) is 16.3 Å². The molecule has 0 aliphatic carbocycles. The fourth-order valence-corrected chi connectivity index (χ4v) is 4.60. The first kappa shape index (κ1) is 31.2. The number of alkyl halides is 3. The molecule has 2 amide bonds. The van der Waals surface area contributed by atoms with Crippen molar-refractivity contribution in [1.29, 1.82) is 0 Å². The van der Waals surface area contributed by atoms with Crippen molar-refractivity contribution in [2.24, 2.45) is 5.92 Å². The lowest BCUT2D eigenvalue weighted by Crippen LogP contribution is -2.51. The van der Waals surface area contributed by atoms with Crippen LogP contribution in [-0.4, -0.2) is 57.6 Å². The summed E-state index contributed by atoms with van der Waals surface area (Å²) in [6.07, 6.45) is -4.02. The van der Waals surface area contributed by atoms with Crippen LogP contribution in [-0.2, 0) is 32.3 Å². The fourth-order valence-electron chi connectivity index (χ4n) is 3.48. The first-order valence-electron chi connectivity index (χ1n) is 11.6. The number of amides is 2. The van der Waals surface area contributed by atoms with Gasteiger partial charge in [-0.05, 0) is 48.7 Å². The topological polar surface area (TPSA) is 96.0 Å². The maximum Gasteiger partial charge on any atom is 0.416 e. The third-order valence-corrected chi connectivity index (χ3v) is 7.01. The van der Waals surface area contributed by atoms with Crippen LogP contribution in [0, 0.1) is 5.92 Å². The number of hydrogen-bond acceptors (Lipinski definition) is 5. The van der Waals surface area contributed by atoms with Crippen LogP contribution in [0.2, 0.25) is 5.02 Å². The Balaban J connectivity index is 2.49. The van der Waals surface area contributed by atoms with Gasteiger partial charge in [0, 0.05) is 13.1 Å². The smallest absolute Gasteiger partial charge is 0.416 e. The molecule has 0 spiro atoms. The summed E-state index contributed by atoms with van der Waals surface area (Å²) in [5.74, 6) is -0.658. The van der Waals surface area contributed by atoms with Crippen molar-refractivity contribution in [3.05, 3.63) is 58.6 Å². The van der Waals surface area contributed by atoms with Gasteiger partial charge in [-0.15, -0.1) is 0 Å². The van der Waals surface area contributed by atoms with Crippen molar-refractivity contribution >= 4 is 39.1 Å². The molecule has 8 nitrogen and oxygen atoms in total. The molecule has 0 radical (unpaired) electrons. The second-order valence-electron chi connectivity index (χ2n) is 9.12. The summed E-state index contributed by atoms with van der Waals surface area (Å²) in [5.41, 5.74) is -1.05. The summed E-state index contributed by atoms with van der Waals surface area (Å²) in [5, 5.41) is 2.45. The number of ether oxygens (including phenoxy) is 1. The van der Waals surface area contributed by atoms with E-state index in [1.54, 1.807) is 24.3 Å². The molecule has 38 heavy (non-hydrogen) atoms. The normalized spacial score (nSPS) is 12.7. The molecule has 2 aromatic carbocycles. The summed E-state index contributed by atoms with van der Waals surface area (Å²) in [6, 6.07) is 7.88. The number of sulfonamides is 1. The van der Waals surface area contributed by atoms with Crippen molar-refractivity contribution in [1.82, 2.24) is 10.2 Å². The van der Waals surface area contributed by atoms with E-state index in [2.05, 4.69) is 5.32 Å². The minimum Gasteiger partial charge on any atom is -0.497 e. The highest BCUT2D eigenvalue weighted by atomic mass is 35.5. The quantitative estimate of drug-likeness (QED) is 0.429. The van der Waals surface area contributed by atoms with Crippen LogP contribution in [0.4, 0.5) is 18.9 Å². The van der Waals surface area contributed by atoms with E-state index in [1.165, 1.54) is 14.0 Å². The lowest BCUT2D eigenvalue weighted by molar-refractivity contribution is -0.139. The van der Waals surface area contributed by atoms with Crippen LogP contribution in [0.1, 0.15) is 31.9 Å². The lowest BCUT2D eigenvalue weighted by atomic mass is 10.1. The van der Waals surface area contributed by atoms with Crippen molar-refractivity contribution in [2.75, 3.05) is 30.8 Å². The predicted octanol–water partition coefficient (Wildman–Crippen LogP) is 4.32. The monoisotopic (exact) mass is 577 g/mol. The number of benzene rings is 2. The molecule has 2 rings (SSSR count). The molecular formula is C25H31ClF3N3O5S. The molecule has 0 unspecified atom stereocenters. The SMILES string of the molecule is COc1cccc(CN(C(=O)CN(c2cc(C(F)(F)F)ccc2Cl)S(C)(=O)=O)[C@@H](C)C(=O)NCC(C)C)c1. The largest absolute Gasteiger partial charge is 0.497 e. The third-order valence-electron chi connectivity index (χ3n) is 5.56. The van der Waals surface area contributed by atoms with Gasteiger partial charge in [-0.1, -0.05) is 37.6 Å². The Morgan fingerprint density at radius 1 is 1.11 bits per heavy atom. The lowest BCUT2D eigenvalue weighted by Gasteiger charge is -2.32. The summed E-state index contributed by atoms with van der Waals surface area (Å²) >= 11 is 6.08. The number of hydrogen-bond donors (Lipinski definition) is 1. The Morgan fingerprint density at radius 3 is 2.32 bits per heavy atom. The highest BCUT2D eigenvalue weighted by Crippen LogP contribution is 2.36. The molecule has 210 valence electrons. The van der Waals surface area contributed by atoms with Crippen LogP contribution < -0.4 is 14.4 Å². The number of rotatable bonds is 11. The van der Waals surface area contributed by atoms with Crippen molar-refractivity contribution in [2.45, 2.75) is 39.5 Å². The maximum atomic E-state index is 13.6. The zero-order valence-electron chi connectivity index (χ0n) is 21.7. The van der Waals surface area contributed by atoms with Crippen molar-refractivity contribution in [3.8, 4) is 5.75 Å². The van der Waals surface area contributed by atoms with Gasteiger partial charge in [0.05, 0.1) is 29.6 Å². The number of anilines is 1. The van der Waals surface area contributed by atoms with Gasteiger partial charge in [0.15, 0.2) is 0 Å². The van der Waals surface area contributed by atoms with Gasteiger partial charge < -0.3 is 15.0 Å². The molecule has 0 aromatic heterocycles. The second-order valence-corrected chi connectivity index (χ2v) is 11.4. The Kier molecular flexibility index (Phi) is 10.4. The van der Waals surface area contributed by atoms with Crippen molar-refractivity contribution in [3.63, 3.8) is 0 Å². The number of carbonyl (C=O) groups is 2. The number of methoxy groups -OCH3 is 1. The molecule has 13 heteroatoms. The van der Waals surface area contributed by atoms with Gasteiger partial charge in [0.1, 0.15) is 18.3 Å². The zero-order chi connectivity index (χ0) is 28.8. The maximum absolute atomic E-state index is 13.6. The molecule has 0 aliphatic rings. The molecule has 2 aromatic rings. The molecule has 0 bridgehead atoms. The summed E-state index contributed by atoms with van der Waals surface area (Å²) in [7, 11) is -2.80. The van der Waals surface area contributed by atoms with E-state index in [9.17, 15) is 31.2 Å². The van der Waals surface area contributed by atoms with Gasteiger partial charge in [0.2, 0.25) is 21.8 Å². The van der Waals surface area contributed by atoms with Crippen molar-refractivity contribution < 1.29 is 35.9 Å². The van der Waals surface area contributed by atoms with Gasteiger partial charge in [0.25, 0.3) is 0 Å². The molecular weight excluding hydrogens is 547 g/mol. The van der Waals surface area contributed by atoms with Crippen LogP contribution in [0.15, 0.2) is 42.5 Å². The summed E-state index contributed by atoms with van der Waals surface area (Å²) < 4.78 is 71.0. The Labute approximate surface area is 225 Å². The summed E-state index contributed by atoms with van der Waals surface area (Å²) in [4.78, 5) is 27.6. The van der Waals surface area contributed by atoms with Crippen LogP contribution in [0.5, 0.6) is 5.75 Å². The van der Waals surface area contributed by atoms with Crippen LogP contribution in [0.3, 0.4) is 0 Å². The average molecular weight is 578 g/mol. The third kappa shape index (κ3) is 8.52. The Bertz CT molecular complexity index is 1260. The van der Waals surface area contributed by atoms with Gasteiger partial charge in [-0.3, -0.25) is 13.9 Å². The minimum atomic E-state index is -4.77. The van der Waals surface area contributed by atoms with E-state index in [0.29, 0.717) is 34.3 Å². The average Bonchev–Trinajstić information content (AvgIpc) is 2.83. The van der Waals surface area contributed by atoms with E-state index in [1.807, 2.05) is 13.8 Å². The minimum absolute atomic E-state index is 0.0970. The zero-order valence-corrected chi connectivity index (χ0v) is 23.2. The van der Waals surface area contributed by atoms with Gasteiger partial charge >= 0.3 is 6.18 Å². The molecule has 0 aliphatic heterocycles. The van der Waals surface area contributed by atoms with Gasteiger partial charge in [-0.2, -0.15) is 13.2 Å². The van der Waals surface area contributed by atoms with E-state index >= 15 is 0 Å². The Morgan fingerprint density at radius 2 is 1.76 bits per heavy atom. The van der Waals surface area contributed by atoms with Crippen LogP contribution >= 0.6 is 11.6 Å². The van der Waals surface area contributed by atoms with E-state index in [-0.39, 0.29) is 17.5 Å². The predicted molar refractivity (Wildman–Crippen MR) is 139 cm³/mol. The van der Waals surface area contributed by atoms with Gasteiger partial charge in [-0.25, -0.2) is 8.42 Å². The van der Waals surface area contributed by atoms with E-state index in [0.717, 1.165) is 17.2 Å². The number of carbonyl (C=O) groups excluding carboxylic acids is 2. The second kappa shape index (κ2) is 12.7. The number of nitrogens with zero attached hydrogens (tertiary/aromatic N) is 2.